The summed E-state index contributed by atoms with van der Waals surface area (Å²) < 4.78 is 4.70. The minimum atomic E-state index is -0.103. The van der Waals surface area contributed by atoms with Gasteiger partial charge in [-0.15, -0.1) is 0 Å². The van der Waals surface area contributed by atoms with Gasteiger partial charge in [-0.3, -0.25) is 0 Å². The van der Waals surface area contributed by atoms with Crippen LogP contribution in [0.1, 0.15) is 11.1 Å². The van der Waals surface area contributed by atoms with Gasteiger partial charge >= 0.3 is 0 Å². The van der Waals surface area contributed by atoms with Crippen LogP contribution in [0.15, 0.2) is 158 Å². The maximum atomic E-state index is 10.6. The highest BCUT2D eigenvalue weighted by atomic mass is 15.0. The Bertz CT molecular complexity index is 3620. The molecule has 2 aromatic heterocycles. The van der Waals surface area contributed by atoms with Crippen LogP contribution in [0.3, 0.4) is 0 Å². The highest BCUT2D eigenvalue weighted by Gasteiger charge is 2.40. The molecule has 0 fully saturated rings. The summed E-state index contributed by atoms with van der Waals surface area (Å²) in [5.41, 5.74) is 16.6. The van der Waals surface area contributed by atoms with Crippen LogP contribution in [0.4, 0.5) is 5.69 Å². The van der Waals surface area contributed by atoms with Gasteiger partial charge < -0.3 is 9.13 Å². The van der Waals surface area contributed by atoms with E-state index in [4.69, 9.17) is 6.57 Å². The predicted octanol–water partition coefficient (Wildman–Crippen LogP) is 11.0. The lowest BCUT2D eigenvalue weighted by atomic mass is 9.31. The van der Waals surface area contributed by atoms with Crippen molar-refractivity contribution in [3.63, 3.8) is 0 Å². The Morgan fingerprint density at radius 2 is 0.932 bits per heavy atom. The average molecular weight is 744 g/mol. The van der Waals surface area contributed by atoms with E-state index < -0.39 is 0 Å². The minimum absolute atomic E-state index is 0.103. The van der Waals surface area contributed by atoms with Gasteiger partial charge in [-0.1, -0.05) is 113 Å². The van der Waals surface area contributed by atoms with Crippen molar-refractivity contribution in [3.8, 4) is 45.8 Å². The van der Waals surface area contributed by atoms with E-state index >= 15 is 0 Å². The second kappa shape index (κ2) is 11.4. The van der Waals surface area contributed by atoms with Gasteiger partial charge in [0.1, 0.15) is 0 Å². The Morgan fingerprint density at radius 1 is 0.458 bits per heavy atom. The molecule has 0 bridgehead atoms. The number of para-hydroxylation sites is 2. The van der Waals surface area contributed by atoms with E-state index in [1.54, 1.807) is 0 Å². The molecular weight excluding hydrogens is 717 g/mol. The molecule has 0 spiro atoms. The van der Waals surface area contributed by atoms with Gasteiger partial charge in [0.15, 0.2) is 5.69 Å². The molecule has 0 saturated heterocycles. The molecule has 0 saturated carbocycles. The quantitative estimate of drug-likeness (QED) is 0.131. The lowest BCUT2D eigenvalue weighted by molar-refractivity contribution is 1.18. The van der Waals surface area contributed by atoms with Crippen LogP contribution >= 0.6 is 0 Å². The fraction of sp³-hybridized carbons (Fsp3) is 0. The molecular formula is C53H26BN5. The first kappa shape index (κ1) is 31.8. The number of aromatic nitrogens is 2. The Labute approximate surface area is 338 Å². The maximum absolute atomic E-state index is 10.6. The predicted molar refractivity (Wildman–Crippen MR) is 241 cm³/mol. The third-order valence-electron chi connectivity index (χ3n) is 12.9. The minimum Gasteiger partial charge on any atom is -0.309 e. The lowest BCUT2D eigenvalue weighted by Gasteiger charge is -2.34. The molecule has 266 valence electrons. The van der Waals surface area contributed by atoms with Crippen LogP contribution in [-0.2, 0) is 0 Å². The van der Waals surface area contributed by atoms with E-state index in [0.29, 0.717) is 16.8 Å². The molecule has 0 unspecified atom stereocenters. The van der Waals surface area contributed by atoms with Crippen molar-refractivity contribution in [2.75, 3.05) is 0 Å². The Balaban J connectivity index is 1.21. The molecule has 0 atom stereocenters. The zero-order valence-corrected chi connectivity index (χ0v) is 31.3. The molecule has 0 radical (unpaired) electrons. The summed E-state index contributed by atoms with van der Waals surface area (Å²) >= 11 is 0. The van der Waals surface area contributed by atoms with Crippen LogP contribution in [0.5, 0.6) is 0 Å². The van der Waals surface area contributed by atoms with Gasteiger partial charge in [0.25, 0.3) is 0 Å². The smallest absolute Gasteiger partial charge is 0.244 e. The summed E-state index contributed by atoms with van der Waals surface area (Å²) in [6, 6.07) is 60.2. The molecule has 0 aliphatic carbocycles. The molecule has 59 heavy (non-hydrogen) atoms. The summed E-state index contributed by atoms with van der Waals surface area (Å²) in [4.78, 5) is 3.67. The largest absolute Gasteiger partial charge is 0.309 e. The van der Waals surface area contributed by atoms with E-state index in [2.05, 4.69) is 135 Å². The van der Waals surface area contributed by atoms with Gasteiger partial charge in [-0.2, -0.15) is 10.5 Å². The lowest BCUT2D eigenvalue weighted by Crippen LogP contribution is -2.57. The van der Waals surface area contributed by atoms with Crippen molar-refractivity contribution in [1.82, 2.24) is 9.13 Å². The average Bonchev–Trinajstić information content (AvgIpc) is 3.82. The van der Waals surface area contributed by atoms with Gasteiger partial charge in [-0.05, 0) is 93.7 Å². The SMILES string of the molecule is [C-]#[N+]c1ccc(-n2c3ccccc3c3cc4c5c(cccc5c32)-c2cc(C#N)cc3c2B4c2cc4c5ccccc5n(-c5ccc(C#N)cc5)c4c4cccc-3c24)cc1. The molecule has 0 N–H and O–H groups in total. The van der Waals surface area contributed by atoms with Crippen LogP contribution in [0.25, 0.3) is 104 Å². The van der Waals surface area contributed by atoms with E-state index in [9.17, 15) is 10.5 Å². The number of nitriles is 2. The summed E-state index contributed by atoms with van der Waals surface area (Å²) in [6.45, 7) is 7.49. The highest BCUT2D eigenvalue weighted by Crippen LogP contribution is 2.45. The standard InChI is InChI=1S/C53H26BN5/c1-57-32-18-22-34(23-19-32)59-48-15-5-3-9-36(48)44-27-46-50-38(11-7-13-40(50)53(44)59)42-25-31(29-56)24-41-37-10-6-12-39-49(37)45(54(46)51(41)42)26-43-35-8-2-4-14-47(35)58(52(39)43)33-20-16-30(28-55)17-21-33/h2-27H. The molecule has 6 heteroatoms. The number of hydrogen-bond donors (Lipinski definition) is 0. The van der Waals surface area contributed by atoms with Crippen molar-refractivity contribution in [3.05, 3.63) is 180 Å². The number of benzene rings is 9. The second-order valence-electron chi connectivity index (χ2n) is 15.7. The van der Waals surface area contributed by atoms with Crippen LogP contribution in [0.2, 0.25) is 0 Å². The fourth-order valence-corrected chi connectivity index (χ4v) is 10.7. The van der Waals surface area contributed by atoms with Crippen LogP contribution < -0.4 is 16.4 Å². The van der Waals surface area contributed by atoms with Crippen LogP contribution in [-0.4, -0.2) is 15.8 Å². The van der Waals surface area contributed by atoms with E-state index in [1.165, 1.54) is 48.7 Å². The molecule has 0 amide bonds. The van der Waals surface area contributed by atoms with Crippen molar-refractivity contribution in [2.24, 2.45) is 0 Å². The van der Waals surface area contributed by atoms with Crippen molar-refractivity contribution in [2.45, 2.75) is 0 Å². The third kappa shape index (κ3) is 4.01. The molecule has 5 nitrogen and oxygen atoms in total. The summed E-state index contributed by atoms with van der Waals surface area (Å²) in [7, 11) is 0. The van der Waals surface area contributed by atoms with Crippen LogP contribution in [0, 0.1) is 29.2 Å². The highest BCUT2D eigenvalue weighted by molar-refractivity contribution is 7.01. The maximum Gasteiger partial charge on any atom is 0.244 e. The van der Waals surface area contributed by atoms with E-state index in [-0.39, 0.29) is 6.71 Å². The Kier molecular flexibility index (Phi) is 6.13. The zero-order chi connectivity index (χ0) is 39.1. The van der Waals surface area contributed by atoms with Crippen molar-refractivity contribution >= 4 is 93.9 Å². The molecule has 13 rings (SSSR count). The third-order valence-corrected chi connectivity index (χ3v) is 12.9. The van der Waals surface area contributed by atoms with Gasteiger partial charge in [0, 0.05) is 43.7 Å². The summed E-state index contributed by atoms with van der Waals surface area (Å²) in [6.07, 6.45) is 0. The van der Waals surface area contributed by atoms with Gasteiger partial charge in [0.2, 0.25) is 6.71 Å². The van der Waals surface area contributed by atoms with E-state index in [0.717, 1.165) is 66.5 Å². The fourth-order valence-electron chi connectivity index (χ4n) is 10.7. The molecule has 2 aliphatic heterocycles. The molecule has 9 aromatic carbocycles. The van der Waals surface area contributed by atoms with Gasteiger partial charge in [0.05, 0.1) is 51.9 Å². The molecule has 2 aliphatic rings. The Hall–Kier alpha value is -8.37. The first-order valence-corrected chi connectivity index (χ1v) is 19.7. The van der Waals surface area contributed by atoms with Crippen molar-refractivity contribution < 1.29 is 0 Å². The normalized spacial score (nSPS) is 12.3. The van der Waals surface area contributed by atoms with E-state index in [1.807, 2.05) is 48.5 Å². The second-order valence-corrected chi connectivity index (χ2v) is 15.7. The monoisotopic (exact) mass is 743 g/mol. The Morgan fingerprint density at radius 3 is 1.42 bits per heavy atom. The zero-order valence-electron chi connectivity index (χ0n) is 31.3. The molecule has 4 heterocycles. The topological polar surface area (TPSA) is 61.8 Å². The van der Waals surface area contributed by atoms with Gasteiger partial charge in [-0.25, -0.2) is 4.85 Å². The number of fused-ring (bicyclic) bond motifs is 12. The summed E-state index contributed by atoms with van der Waals surface area (Å²) in [5.74, 6) is 0. The molecule has 11 aromatic rings. The first-order chi connectivity index (χ1) is 29.1. The number of hydrogen-bond acceptors (Lipinski definition) is 2. The number of nitrogens with zero attached hydrogens (tertiary/aromatic N) is 5. The number of rotatable bonds is 2. The first-order valence-electron chi connectivity index (χ1n) is 19.7. The van der Waals surface area contributed by atoms with Crippen molar-refractivity contribution in [1.29, 1.82) is 10.5 Å². The summed E-state index contributed by atoms with van der Waals surface area (Å²) in [5, 5.41) is 29.6.